The van der Waals surface area contributed by atoms with E-state index in [1.54, 1.807) is 19.2 Å². The molecule has 0 aliphatic rings. The molecule has 0 aliphatic heterocycles. The zero-order valence-corrected chi connectivity index (χ0v) is 17.6. The molecular weight excluding hydrogens is 388 g/mol. The van der Waals surface area contributed by atoms with Gasteiger partial charge in [0.25, 0.3) is 0 Å². The highest BCUT2D eigenvalue weighted by atomic mass is 35.5. The summed E-state index contributed by atoms with van der Waals surface area (Å²) in [5.74, 6) is 0.0400. The Morgan fingerprint density at radius 1 is 1.26 bits per heavy atom. The molecular formula is C19H23ClN2O4S. The van der Waals surface area contributed by atoms with Gasteiger partial charge in [-0.25, -0.2) is 4.79 Å². The molecule has 0 fully saturated rings. The SMILES string of the molecule is COC(=O)c1c(NC(=O)CN(C)Cc2cc(Cl)ccc2OC)sc(C)c1C. The summed E-state index contributed by atoms with van der Waals surface area (Å²) in [7, 11) is 4.74. The molecule has 6 nitrogen and oxygen atoms in total. The number of benzene rings is 1. The van der Waals surface area contributed by atoms with Crippen LogP contribution < -0.4 is 10.1 Å². The van der Waals surface area contributed by atoms with E-state index in [9.17, 15) is 9.59 Å². The zero-order chi connectivity index (χ0) is 20.1. The second-order valence-electron chi connectivity index (χ2n) is 6.16. The Balaban J connectivity index is 2.07. The van der Waals surface area contributed by atoms with Crippen LogP contribution >= 0.6 is 22.9 Å². The summed E-state index contributed by atoms with van der Waals surface area (Å²) in [6, 6.07) is 5.37. The lowest BCUT2D eigenvalue weighted by Gasteiger charge is -2.18. The van der Waals surface area contributed by atoms with E-state index in [2.05, 4.69) is 5.32 Å². The summed E-state index contributed by atoms with van der Waals surface area (Å²) in [4.78, 5) is 27.3. The van der Waals surface area contributed by atoms with E-state index < -0.39 is 5.97 Å². The van der Waals surface area contributed by atoms with E-state index in [0.29, 0.717) is 27.9 Å². The average Bonchev–Trinajstić information content (AvgIpc) is 2.88. The van der Waals surface area contributed by atoms with Crippen LogP contribution in [0.3, 0.4) is 0 Å². The quantitative estimate of drug-likeness (QED) is 0.701. The van der Waals surface area contributed by atoms with Gasteiger partial charge in [0.05, 0.1) is 26.3 Å². The van der Waals surface area contributed by atoms with Crippen molar-refractivity contribution in [1.82, 2.24) is 4.90 Å². The number of esters is 1. The number of rotatable bonds is 7. The number of amides is 1. The molecule has 1 aromatic heterocycles. The summed E-state index contributed by atoms with van der Waals surface area (Å²) >= 11 is 7.42. The summed E-state index contributed by atoms with van der Waals surface area (Å²) in [6.07, 6.45) is 0. The van der Waals surface area contributed by atoms with Crippen LogP contribution in [0.1, 0.15) is 26.4 Å². The van der Waals surface area contributed by atoms with Crippen molar-refractivity contribution in [1.29, 1.82) is 0 Å². The number of methoxy groups -OCH3 is 2. The van der Waals surface area contributed by atoms with Gasteiger partial charge in [-0.1, -0.05) is 11.6 Å². The standard InChI is InChI=1S/C19H23ClN2O4S/c1-11-12(2)27-18(17(11)19(24)26-5)21-16(23)10-22(3)9-13-8-14(20)6-7-15(13)25-4/h6-8H,9-10H2,1-5H3,(H,21,23). The van der Waals surface area contributed by atoms with Crippen molar-refractivity contribution in [2.75, 3.05) is 33.1 Å². The Kier molecular flexibility index (Phi) is 7.24. The van der Waals surface area contributed by atoms with E-state index in [0.717, 1.165) is 16.0 Å². The van der Waals surface area contributed by atoms with E-state index in [1.807, 2.05) is 31.9 Å². The maximum absolute atomic E-state index is 12.5. The molecule has 0 saturated heterocycles. The molecule has 0 saturated carbocycles. The van der Waals surface area contributed by atoms with Crippen LogP contribution in [-0.4, -0.2) is 44.6 Å². The van der Waals surface area contributed by atoms with Gasteiger partial charge >= 0.3 is 5.97 Å². The predicted molar refractivity (Wildman–Crippen MR) is 108 cm³/mol. The van der Waals surface area contributed by atoms with Gasteiger partial charge in [0, 0.05) is 22.0 Å². The average molecular weight is 411 g/mol. The highest BCUT2D eigenvalue weighted by Crippen LogP contribution is 2.33. The van der Waals surface area contributed by atoms with Crippen molar-refractivity contribution in [3.63, 3.8) is 0 Å². The van der Waals surface area contributed by atoms with Crippen LogP contribution in [0.2, 0.25) is 5.02 Å². The first-order chi connectivity index (χ1) is 12.8. The fraction of sp³-hybridized carbons (Fsp3) is 0.368. The molecule has 1 heterocycles. The maximum Gasteiger partial charge on any atom is 0.341 e. The minimum Gasteiger partial charge on any atom is -0.496 e. The Morgan fingerprint density at radius 2 is 1.96 bits per heavy atom. The number of nitrogens with zero attached hydrogens (tertiary/aromatic N) is 1. The monoisotopic (exact) mass is 410 g/mol. The molecule has 2 rings (SSSR count). The van der Waals surface area contributed by atoms with Gasteiger partial charge in [0.1, 0.15) is 10.8 Å². The number of likely N-dealkylation sites (N-methyl/N-ethyl adjacent to an activating group) is 1. The second-order valence-corrected chi connectivity index (χ2v) is 7.82. The number of aryl methyl sites for hydroxylation is 1. The number of anilines is 1. The number of thiophene rings is 1. The molecule has 0 atom stereocenters. The fourth-order valence-electron chi connectivity index (χ4n) is 2.69. The summed E-state index contributed by atoms with van der Waals surface area (Å²) in [5.41, 5.74) is 2.12. The topological polar surface area (TPSA) is 67.9 Å². The smallest absolute Gasteiger partial charge is 0.341 e. The van der Waals surface area contributed by atoms with Crippen molar-refractivity contribution in [2.24, 2.45) is 0 Å². The number of carbonyl (C=O) groups excluding carboxylic acids is 2. The number of halogens is 1. The zero-order valence-electron chi connectivity index (χ0n) is 16.0. The molecule has 0 aliphatic carbocycles. The molecule has 1 N–H and O–H groups in total. The van der Waals surface area contributed by atoms with Crippen molar-refractivity contribution in [3.05, 3.63) is 44.8 Å². The highest BCUT2D eigenvalue weighted by Gasteiger charge is 2.22. The third kappa shape index (κ3) is 5.22. The lowest BCUT2D eigenvalue weighted by atomic mass is 10.1. The number of hydrogen-bond acceptors (Lipinski definition) is 6. The number of ether oxygens (including phenoxy) is 2. The largest absolute Gasteiger partial charge is 0.496 e. The minimum absolute atomic E-state index is 0.145. The van der Waals surface area contributed by atoms with Crippen molar-refractivity contribution < 1.29 is 19.1 Å². The normalized spacial score (nSPS) is 10.8. The molecule has 0 spiro atoms. The van der Waals surface area contributed by atoms with Crippen molar-refractivity contribution in [2.45, 2.75) is 20.4 Å². The van der Waals surface area contributed by atoms with E-state index >= 15 is 0 Å². The Hall–Kier alpha value is -2.09. The maximum atomic E-state index is 12.5. The lowest BCUT2D eigenvalue weighted by molar-refractivity contribution is -0.117. The van der Waals surface area contributed by atoms with E-state index in [-0.39, 0.29) is 12.5 Å². The molecule has 1 aromatic carbocycles. The first kappa shape index (κ1) is 21.2. The van der Waals surface area contributed by atoms with Crippen molar-refractivity contribution in [3.8, 4) is 5.75 Å². The van der Waals surface area contributed by atoms with Gasteiger partial charge in [-0.05, 0) is 44.7 Å². The van der Waals surface area contributed by atoms with Crippen LogP contribution in [0, 0.1) is 13.8 Å². The third-order valence-electron chi connectivity index (χ3n) is 4.12. The highest BCUT2D eigenvalue weighted by molar-refractivity contribution is 7.16. The molecule has 2 aromatic rings. The van der Waals surface area contributed by atoms with Gasteiger partial charge in [-0.3, -0.25) is 9.69 Å². The van der Waals surface area contributed by atoms with Gasteiger partial charge in [0.15, 0.2) is 0 Å². The molecule has 0 radical (unpaired) electrons. The number of hydrogen-bond donors (Lipinski definition) is 1. The second kappa shape index (κ2) is 9.21. The summed E-state index contributed by atoms with van der Waals surface area (Å²) < 4.78 is 10.2. The molecule has 0 bridgehead atoms. The molecule has 146 valence electrons. The van der Waals surface area contributed by atoms with Crippen LogP contribution in [-0.2, 0) is 16.1 Å². The predicted octanol–water partition coefficient (Wildman–Crippen LogP) is 3.88. The van der Waals surface area contributed by atoms with Crippen LogP contribution in [0.15, 0.2) is 18.2 Å². The van der Waals surface area contributed by atoms with Crippen LogP contribution in [0.4, 0.5) is 5.00 Å². The van der Waals surface area contributed by atoms with Crippen LogP contribution in [0.25, 0.3) is 0 Å². The Morgan fingerprint density at radius 3 is 2.59 bits per heavy atom. The third-order valence-corrected chi connectivity index (χ3v) is 5.48. The van der Waals surface area contributed by atoms with Gasteiger partial charge < -0.3 is 14.8 Å². The first-order valence-corrected chi connectivity index (χ1v) is 9.45. The molecule has 0 unspecified atom stereocenters. The Labute approximate surface area is 168 Å². The number of nitrogens with one attached hydrogen (secondary N) is 1. The van der Waals surface area contributed by atoms with Gasteiger partial charge in [0.2, 0.25) is 5.91 Å². The summed E-state index contributed by atoms with van der Waals surface area (Å²) in [6.45, 7) is 4.38. The fourth-order valence-corrected chi connectivity index (χ4v) is 3.95. The Bertz CT molecular complexity index is 850. The van der Waals surface area contributed by atoms with Gasteiger partial charge in [-0.15, -0.1) is 11.3 Å². The minimum atomic E-state index is -0.454. The van der Waals surface area contributed by atoms with E-state index in [4.69, 9.17) is 21.1 Å². The summed E-state index contributed by atoms with van der Waals surface area (Å²) in [5, 5.41) is 3.94. The van der Waals surface area contributed by atoms with E-state index in [1.165, 1.54) is 18.4 Å². The van der Waals surface area contributed by atoms with Crippen molar-refractivity contribution >= 4 is 39.8 Å². The number of carbonyl (C=O) groups is 2. The van der Waals surface area contributed by atoms with Gasteiger partial charge in [-0.2, -0.15) is 0 Å². The first-order valence-electron chi connectivity index (χ1n) is 8.26. The lowest BCUT2D eigenvalue weighted by Crippen LogP contribution is -2.30. The molecule has 8 heteroatoms. The molecule has 27 heavy (non-hydrogen) atoms. The molecule has 1 amide bonds. The van der Waals surface area contributed by atoms with Crippen LogP contribution in [0.5, 0.6) is 5.75 Å².